The number of benzene rings is 2. The number of amides is 1. The third-order valence-electron chi connectivity index (χ3n) is 5.74. The first-order valence-electron chi connectivity index (χ1n) is 10.9. The van der Waals surface area contributed by atoms with Crippen LogP contribution in [0.15, 0.2) is 62.6 Å². The van der Waals surface area contributed by atoms with Gasteiger partial charge in [0.25, 0.3) is 5.91 Å². The van der Waals surface area contributed by atoms with Crippen LogP contribution in [0.3, 0.4) is 0 Å². The molecule has 1 aliphatic rings. The van der Waals surface area contributed by atoms with E-state index in [4.69, 9.17) is 4.42 Å². The van der Waals surface area contributed by atoms with Crippen molar-refractivity contribution in [1.29, 1.82) is 0 Å². The number of fused-ring (bicyclic) bond motifs is 1. The smallest absolute Gasteiger partial charge is 0.291 e. The van der Waals surface area contributed by atoms with E-state index in [-0.39, 0.29) is 16.1 Å². The molecular formula is C24H26N2O5S. The van der Waals surface area contributed by atoms with Gasteiger partial charge in [0.1, 0.15) is 5.58 Å². The zero-order valence-electron chi connectivity index (χ0n) is 18.0. The Morgan fingerprint density at radius 2 is 1.69 bits per heavy atom. The molecule has 32 heavy (non-hydrogen) atoms. The summed E-state index contributed by atoms with van der Waals surface area (Å²) < 4.78 is 32.9. The van der Waals surface area contributed by atoms with E-state index in [9.17, 15) is 18.0 Å². The second-order valence-corrected chi connectivity index (χ2v) is 9.89. The van der Waals surface area contributed by atoms with Gasteiger partial charge in [-0.25, -0.2) is 8.42 Å². The minimum atomic E-state index is -3.56. The standard InChI is InChI=1S/C24H26N2O5S/c1-2-17-7-12-22-20(15-17)21(27)16-23(31-22)24(28)25-18-8-10-19(11-9-18)32(29,30)26-13-5-3-4-6-14-26/h7-12,15-16H,2-6,13-14H2,1H3,(H,25,28). The molecule has 1 fully saturated rings. The number of carbonyl (C=O) groups is 1. The first-order valence-corrected chi connectivity index (χ1v) is 12.3. The van der Waals surface area contributed by atoms with E-state index in [1.54, 1.807) is 12.1 Å². The predicted octanol–water partition coefficient (Wildman–Crippen LogP) is 4.17. The number of hydrogen-bond donors (Lipinski definition) is 1. The van der Waals surface area contributed by atoms with Crippen LogP contribution < -0.4 is 10.7 Å². The Morgan fingerprint density at radius 3 is 2.34 bits per heavy atom. The molecule has 168 valence electrons. The third kappa shape index (κ3) is 4.61. The van der Waals surface area contributed by atoms with Crippen LogP contribution in [0.2, 0.25) is 0 Å². The Hall–Kier alpha value is -2.97. The lowest BCUT2D eigenvalue weighted by Gasteiger charge is -2.20. The number of nitrogens with zero attached hydrogens (tertiary/aromatic N) is 1. The van der Waals surface area contributed by atoms with Crippen molar-refractivity contribution in [3.05, 3.63) is 70.1 Å². The molecule has 0 unspecified atom stereocenters. The normalized spacial score (nSPS) is 15.4. The van der Waals surface area contributed by atoms with Crippen molar-refractivity contribution in [2.45, 2.75) is 43.9 Å². The van der Waals surface area contributed by atoms with Crippen LogP contribution in [0.4, 0.5) is 5.69 Å². The van der Waals surface area contributed by atoms with Crippen molar-refractivity contribution in [2.75, 3.05) is 18.4 Å². The maximum Gasteiger partial charge on any atom is 0.291 e. The first kappa shape index (κ1) is 22.2. The summed E-state index contributed by atoms with van der Waals surface area (Å²) in [5.41, 5.74) is 1.48. The number of nitrogens with one attached hydrogen (secondary N) is 1. The molecule has 3 aromatic rings. The minimum absolute atomic E-state index is 0.104. The number of hydrogen-bond acceptors (Lipinski definition) is 5. The van der Waals surface area contributed by atoms with E-state index in [1.165, 1.54) is 34.6 Å². The zero-order valence-corrected chi connectivity index (χ0v) is 18.8. The van der Waals surface area contributed by atoms with Gasteiger partial charge in [-0.15, -0.1) is 0 Å². The average molecular weight is 455 g/mol. The van der Waals surface area contributed by atoms with Gasteiger partial charge in [0.15, 0.2) is 11.2 Å². The number of anilines is 1. The summed E-state index contributed by atoms with van der Waals surface area (Å²) in [6.07, 6.45) is 4.61. The van der Waals surface area contributed by atoms with Gasteiger partial charge >= 0.3 is 0 Å². The van der Waals surface area contributed by atoms with Gasteiger partial charge < -0.3 is 9.73 Å². The number of rotatable bonds is 5. The van der Waals surface area contributed by atoms with Crippen molar-refractivity contribution >= 4 is 32.6 Å². The highest BCUT2D eigenvalue weighted by molar-refractivity contribution is 7.89. The molecule has 1 aliphatic heterocycles. The Morgan fingerprint density at radius 1 is 1.00 bits per heavy atom. The summed E-state index contributed by atoms with van der Waals surface area (Å²) >= 11 is 0. The maximum atomic E-state index is 12.9. The number of sulfonamides is 1. The first-order chi connectivity index (χ1) is 15.4. The van der Waals surface area contributed by atoms with Gasteiger partial charge in [0.05, 0.1) is 10.3 Å². The van der Waals surface area contributed by atoms with Gasteiger partial charge in [-0.2, -0.15) is 4.31 Å². The molecular weight excluding hydrogens is 428 g/mol. The van der Waals surface area contributed by atoms with E-state index in [1.807, 2.05) is 13.0 Å². The molecule has 0 radical (unpaired) electrons. The summed E-state index contributed by atoms with van der Waals surface area (Å²) in [5.74, 6) is -0.681. The van der Waals surface area contributed by atoms with Gasteiger partial charge in [0, 0.05) is 24.8 Å². The topological polar surface area (TPSA) is 96.7 Å². The predicted molar refractivity (Wildman–Crippen MR) is 123 cm³/mol. The molecule has 0 spiro atoms. The van der Waals surface area contributed by atoms with Crippen molar-refractivity contribution < 1.29 is 17.6 Å². The van der Waals surface area contributed by atoms with Crippen molar-refractivity contribution in [3.8, 4) is 0 Å². The summed E-state index contributed by atoms with van der Waals surface area (Å²) in [4.78, 5) is 25.3. The molecule has 0 aliphatic carbocycles. The van der Waals surface area contributed by atoms with E-state index in [0.29, 0.717) is 29.7 Å². The Balaban J connectivity index is 1.52. The molecule has 1 aromatic heterocycles. The summed E-state index contributed by atoms with van der Waals surface area (Å²) in [7, 11) is -3.56. The van der Waals surface area contributed by atoms with Gasteiger partial charge in [-0.05, 0) is 61.2 Å². The molecule has 1 amide bonds. The van der Waals surface area contributed by atoms with Crippen molar-refractivity contribution in [3.63, 3.8) is 0 Å². The Kier molecular flexibility index (Phi) is 6.43. The van der Waals surface area contributed by atoms with Crippen LogP contribution in [-0.2, 0) is 16.4 Å². The maximum absolute atomic E-state index is 12.9. The van der Waals surface area contributed by atoms with E-state index in [2.05, 4.69) is 5.32 Å². The lowest BCUT2D eigenvalue weighted by molar-refractivity contribution is 0.0997. The highest BCUT2D eigenvalue weighted by Gasteiger charge is 2.25. The van der Waals surface area contributed by atoms with Crippen LogP contribution in [0.25, 0.3) is 11.0 Å². The summed E-state index contributed by atoms with van der Waals surface area (Å²) in [6, 6.07) is 12.5. The SMILES string of the molecule is CCc1ccc2oc(C(=O)Nc3ccc(S(=O)(=O)N4CCCCCC4)cc3)cc(=O)c2c1. The van der Waals surface area contributed by atoms with Gasteiger partial charge in [-0.1, -0.05) is 25.8 Å². The molecule has 8 heteroatoms. The monoisotopic (exact) mass is 454 g/mol. The van der Waals surface area contributed by atoms with E-state index in [0.717, 1.165) is 37.7 Å². The van der Waals surface area contributed by atoms with Crippen molar-refractivity contribution in [2.24, 2.45) is 0 Å². The molecule has 1 N–H and O–H groups in total. The zero-order chi connectivity index (χ0) is 22.7. The summed E-state index contributed by atoms with van der Waals surface area (Å²) in [5, 5.41) is 3.10. The average Bonchev–Trinajstić information content (AvgIpc) is 3.09. The van der Waals surface area contributed by atoms with E-state index < -0.39 is 15.9 Å². The lowest BCUT2D eigenvalue weighted by Crippen LogP contribution is -2.31. The fourth-order valence-electron chi connectivity index (χ4n) is 3.87. The Bertz CT molecular complexity index is 1290. The van der Waals surface area contributed by atoms with Crippen LogP contribution in [0.5, 0.6) is 0 Å². The molecule has 0 saturated carbocycles. The highest BCUT2D eigenvalue weighted by Crippen LogP contribution is 2.22. The van der Waals surface area contributed by atoms with Crippen LogP contribution >= 0.6 is 0 Å². The molecule has 2 heterocycles. The fourth-order valence-corrected chi connectivity index (χ4v) is 5.39. The number of carbonyl (C=O) groups excluding carboxylic acids is 1. The highest BCUT2D eigenvalue weighted by atomic mass is 32.2. The molecule has 0 atom stereocenters. The molecule has 4 rings (SSSR count). The largest absolute Gasteiger partial charge is 0.451 e. The fraction of sp³-hybridized carbons (Fsp3) is 0.333. The van der Waals surface area contributed by atoms with Gasteiger partial charge in [-0.3, -0.25) is 9.59 Å². The molecule has 0 bridgehead atoms. The van der Waals surface area contributed by atoms with E-state index >= 15 is 0 Å². The second-order valence-electron chi connectivity index (χ2n) is 7.96. The molecule has 2 aromatic carbocycles. The van der Waals surface area contributed by atoms with Crippen molar-refractivity contribution in [1.82, 2.24) is 4.31 Å². The lowest BCUT2D eigenvalue weighted by atomic mass is 10.1. The quantitative estimate of drug-likeness (QED) is 0.624. The second kappa shape index (κ2) is 9.26. The molecule has 7 nitrogen and oxygen atoms in total. The third-order valence-corrected chi connectivity index (χ3v) is 7.65. The van der Waals surface area contributed by atoms with Crippen LogP contribution in [0, 0.1) is 0 Å². The Labute approximate surface area is 187 Å². The van der Waals surface area contributed by atoms with Crippen LogP contribution in [-0.4, -0.2) is 31.7 Å². The number of aryl methyl sites for hydroxylation is 1. The van der Waals surface area contributed by atoms with Crippen LogP contribution in [0.1, 0.15) is 48.7 Å². The van der Waals surface area contributed by atoms with Gasteiger partial charge in [0.2, 0.25) is 10.0 Å². The minimum Gasteiger partial charge on any atom is -0.451 e. The summed E-state index contributed by atoms with van der Waals surface area (Å²) in [6.45, 7) is 3.05. The molecule has 1 saturated heterocycles.